The van der Waals surface area contributed by atoms with Gasteiger partial charge in [-0.15, -0.1) is 0 Å². The van der Waals surface area contributed by atoms with Gasteiger partial charge in [0.15, 0.2) is 6.04 Å². The van der Waals surface area contributed by atoms with E-state index in [1.807, 2.05) is 0 Å². The van der Waals surface area contributed by atoms with Crippen molar-refractivity contribution in [3.63, 3.8) is 0 Å². The van der Waals surface area contributed by atoms with E-state index in [1.54, 1.807) is 0 Å². The highest BCUT2D eigenvalue weighted by Crippen LogP contribution is 2.40. The van der Waals surface area contributed by atoms with Crippen molar-refractivity contribution in [2.75, 3.05) is 0 Å². The van der Waals surface area contributed by atoms with Gasteiger partial charge in [0.1, 0.15) is 5.03 Å². The smallest absolute Gasteiger partial charge is 0.330 e. The highest BCUT2D eigenvalue weighted by atomic mass is 32.2. The Morgan fingerprint density at radius 3 is 3.00 bits per heavy atom. The lowest BCUT2D eigenvalue weighted by Gasteiger charge is -2.44. The number of hydrogen-bond acceptors (Lipinski definition) is 5. The number of aliphatic carboxylic acids is 1. The molecule has 2 aliphatic rings. The average Bonchev–Trinajstić information content (AvgIpc) is 2.15. The van der Waals surface area contributed by atoms with Crippen molar-refractivity contribution in [2.45, 2.75) is 17.8 Å². The van der Waals surface area contributed by atoms with Gasteiger partial charge in [0.25, 0.3) is 0 Å². The van der Waals surface area contributed by atoms with E-state index in [2.05, 4.69) is 4.99 Å². The summed E-state index contributed by atoms with van der Waals surface area (Å²) in [5, 5.41) is 8.98. The molecule has 1 saturated heterocycles. The minimum absolute atomic E-state index is 0.190. The summed E-state index contributed by atoms with van der Waals surface area (Å²) < 4.78 is 0. The Bertz CT molecular complexity index is 413. The summed E-state index contributed by atoms with van der Waals surface area (Å²) in [5.74, 6) is -1.31. The van der Waals surface area contributed by atoms with Crippen LogP contribution in [0.25, 0.3) is 0 Å². The van der Waals surface area contributed by atoms with Gasteiger partial charge in [-0.25, -0.2) is 9.59 Å². The van der Waals surface area contributed by atoms with E-state index in [0.29, 0.717) is 11.4 Å². The van der Waals surface area contributed by atoms with Gasteiger partial charge in [0.05, 0.1) is 11.8 Å². The van der Waals surface area contributed by atoms with Crippen LogP contribution in [0.1, 0.15) is 6.42 Å². The minimum atomic E-state index is -1.12. The largest absolute Gasteiger partial charge is 0.479 e. The fraction of sp³-hybridized carbons (Fsp3) is 0.375. The number of carboxylic acid groups (broad SMARTS) is 1. The Morgan fingerprint density at radius 1 is 1.73 bits per heavy atom. The molecule has 1 amide bonds. The second-order valence-electron chi connectivity index (χ2n) is 3.07. The van der Waals surface area contributed by atoms with E-state index in [1.165, 1.54) is 28.8 Å². The Hall–Kier alpha value is -1.59. The van der Waals surface area contributed by atoms with E-state index in [4.69, 9.17) is 5.11 Å². The standard InChI is InChI=1S/C8H6N2O4S/c11-3-9-5-1-4(8(13)14)10-6(12)2-7(10)15-5/h1,4,7H,2H2,(H,13,14)/t4?,7-/m1/s1. The van der Waals surface area contributed by atoms with Crippen LogP contribution in [-0.2, 0) is 14.4 Å². The summed E-state index contributed by atoms with van der Waals surface area (Å²) in [4.78, 5) is 36.7. The number of amides is 1. The summed E-state index contributed by atoms with van der Waals surface area (Å²) in [6, 6.07) is -1.01. The molecule has 0 aromatic carbocycles. The molecule has 1 unspecified atom stereocenters. The van der Waals surface area contributed by atoms with Crippen LogP contribution in [0.5, 0.6) is 0 Å². The van der Waals surface area contributed by atoms with Crippen LogP contribution in [0.4, 0.5) is 0 Å². The van der Waals surface area contributed by atoms with E-state index < -0.39 is 12.0 Å². The van der Waals surface area contributed by atoms with E-state index in [-0.39, 0.29) is 11.3 Å². The van der Waals surface area contributed by atoms with Crippen LogP contribution in [0.2, 0.25) is 0 Å². The molecule has 2 heterocycles. The van der Waals surface area contributed by atoms with Crippen LogP contribution in [0.15, 0.2) is 16.1 Å². The van der Waals surface area contributed by atoms with Gasteiger partial charge in [-0.1, -0.05) is 11.8 Å². The number of nitrogens with zero attached hydrogens (tertiary/aromatic N) is 2. The molecule has 78 valence electrons. The number of hydrogen-bond donors (Lipinski definition) is 1. The van der Waals surface area contributed by atoms with Crippen LogP contribution < -0.4 is 0 Å². The van der Waals surface area contributed by atoms with E-state index >= 15 is 0 Å². The number of β-lactam (4-membered cyclic amide) rings is 1. The van der Waals surface area contributed by atoms with Gasteiger partial charge in [-0.2, -0.15) is 4.99 Å². The first-order chi connectivity index (χ1) is 7.13. The van der Waals surface area contributed by atoms with Gasteiger partial charge < -0.3 is 10.0 Å². The molecule has 15 heavy (non-hydrogen) atoms. The number of carboxylic acids is 1. The summed E-state index contributed by atoms with van der Waals surface area (Å²) in [6.07, 6.45) is 2.93. The number of rotatable bonds is 2. The van der Waals surface area contributed by atoms with Crippen molar-refractivity contribution in [1.82, 2.24) is 4.90 Å². The van der Waals surface area contributed by atoms with Gasteiger partial charge in [0, 0.05) is 0 Å². The summed E-state index contributed by atoms with van der Waals surface area (Å²) in [7, 11) is 0. The van der Waals surface area contributed by atoms with Gasteiger partial charge >= 0.3 is 5.97 Å². The second-order valence-corrected chi connectivity index (χ2v) is 4.27. The third-order valence-electron chi connectivity index (χ3n) is 2.21. The SMILES string of the molecule is O=C=NC1=CC(C(=O)O)N2C(=O)C[C@H]2S1. The van der Waals surface area contributed by atoms with Crippen molar-refractivity contribution in [3.8, 4) is 0 Å². The number of isocyanates is 1. The molecule has 0 aliphatic carbocycles. The van der Waals surface area contributed by atoms with Crippen molar-refractivity contribution in [3.05, 3.63) is 11.1 Å². The first-order valence-electron chi connectivity index (χ1n) is 4.14. The fourth-order valence-corrected chi connectivity index (χ4v) is 2.69. The van der Waals surface area contributed by atoms with Gasteiger partial charge in [0.2, 0.25) is 12.0 Å². The first kappa shape index (κ1) is 9.95. The first-order valence-corrected chi connectivity index (χ1v) is 5.02. The van der Waals surface area contributed by atoms with Crippen molar-refractivity contribution >= 4 is 29.7 Å². The molecule has 2 atom stereocenters. The van der Waals surface area contributed by atoms with E-state index in [0.717, 1.165) is 0 Å². The van der Waals surface area contributed by atoms with Gasteiger partial charge in [-0.05, 0) is 6.08 Å². The zero-order chi connectivity index (χ0) is 11.0. The van der Waals surface area contributed by atoms with Crippen LogP contribution in [0, 0.1) is 0 Å². The maximum atomic E-state index is 11.2. The monoisotopic (exact) mass is 226 g/mol. The number of carbonyl (C=O) groups is 2. The molecule has 0 saturated carbocycles. The number of carbonyl (C=O) groups excluding carboxylic acids is 2. The lowest BCUT2D eigenvalue weighted by Crippen LogP contribution is -2.59. The molecule has 6 nitrogen and oxygen atoms in total. The van der Waals surface area contributed by atoms with Crippen molar-refractivity contribution in [1.29, 1.82) is 0 Å². The zero-order valence-electron chi connectivity index (χ0n) is 7.41. The molecule has 0 aromatic rings. The topological polar surface area (TPSA) is 87.0 Å². The van der Waals surface area contributed by atoms with Crippen molar-refractivity contribution in [2.24, 2.45) is 4.99 Å². The van der Waals surface area contributed by atoms with Gasteiger partial charge in [-0.3, -0.25) is 4.79 Å². The fourth-order valence-electron chi connectivity index (χ4n) is 1.53. The molecule has 1 fully saturated rings. The Morgan fingerprint density at radius 2 is 2.47 bits per heavy atom. The highest BCUT2D eigenvalue weighted by Gasteiger charge is 2.46. The lowest BCUT2D eigenvalue weighted by atomic mass is 10.1. The molecular formula is C8H6N2O4S. The molecule has 7 heteroatoms. The highest BCUT2D eigenvalue weighted by molar-refractivity contribution is 8.03. The van der Waals surface area contributed by atoms with Crippen molar-refractivity contribution < 1.29 is 19.5 Å². The second kappa shape index (κ2) is 3.52. The zero-order valence-corrected chi connectivity index (χ0v) is 8.23. The van der Waals surface area contributed by atoms with Crippen LogP contribution in [-0.4, -0.2) is 39.4 Å². The number of fused-ring (bicyclic) bond motifs is 1. The van der Waals surface area contributed by atoms with E-state index in [9.17, 15) is 14.4 Å². The average molecular weight is 226 g/mol. The summed E-state index contributed by atoms with van der Waals surface area (Å²) in [6.45, 7) is 0. The molecule has 0 aromatic heterocycles. The molecule has 0 spiro atoms. The Balaban J connectivity index is 2.31. The minimum Gasteiger partial charge on any atom is -0.479 e. The number of thioether (sulfide) groups is 1. The Kier molecular flexibility index (Phi) is 2.34. The molecular weight excluding hydrogens is 220 g/mol. The molecule has 0 bridgehead atoms. The molecule has 2 rings (SSSR count). The normalized spacial score (nSPS) is 28.4. The molecule has 0 radical (unpaired) electrons. The maximum Gasteiger partial charge on any atom is 0.330 e. The third kappa shape index (κ3) is 1.55. The number of aliphatic imine (C=N–C) groups is 1. The van der Waals surface area contributed by atoms with Crippen LogP contribution in [0.3, 0.4) is 0 Å². The predicted molar refractivity (Wildman–Crippen MR) is 50.5 cm³/mol. The maximum absolute atomic E-state index is 11.2. The lowest BCUT2D eigenvalue weighted by molar-refractivity contribution is -0.155. The summed E-state index contributed by atoms with van der Waals surface area (Å²) >= 11 is 1.20. The molecule has 2 aliphatic heterocycles. The van der Waals surface area contributed by atoms with Crippen LogP contribution >= 0.6 is 11.8 Å². The molecule has 1 N–H and O–H groups in total. The third-order valence-corrected chi connectivity index (χ3v) is 3.35. The predicted octanol–water partition coefficient (Wildman–Crippen LogP) is -0.0780. The quantitative estimate of drug-likeness (QED) is 0.404. The Labute approximate surface area is 88.6 Å². The summed E-state index contributed by atoms with van der Waals surface area (Å²) in [5.41, 5.74) is 0.